The van der Waals surface area contributed by atoms with Gasteiger partial charge in [0.25, 0.3) is 0 Å². The SMILES string of the molecule is O=C(NC1(C(=O)Nc2ccc(I)cc2C(=O)O)CCC1)OCC1c2ccccc2-c2ccccc21. The van der Waals surface area contributed by atoms with Gasteiger partial charge in [0.05, 0.1) is 11.3 Å². The van der Waals surface area contributed by atoms with Crippen molar-refractivity contribution in [1.29, 1.82) is 0 Å². The minimum atomic E-state index is -1.13. The van der Waals surface area contributed by atoms with E-state index in [0.29, 0.717) is 12.8 Å². The van der Waals surface area contributed by atoms with Crippen molar-refractivity contribution in [2.45, 2.75) is 30.7 Å². The molecule has 35 heavy (non-hydrogen) atoms. The Kier molecular flexibility index (Phi) is 6.22. The minimum Gasteiger partial charge on any atom is -0.478 e. The molecule has 0 bridgehead atoms. The van der Waals surface area contributed by atoms with Crippen LogP contribution < -0.4 is 10.6 Å². The van der Waals surface area contributed by atoms with Crippen molar-refractivity contribution in [3.05, 3.63) is 87.0 Å². The van der Waals surface area contributed by atoms with Crippen LogP contribution in [0.5, 0.6) is 0 Å². The molecule has 2 aliphatic rings. The van der Waals surface area contributed by atoms with E-state index in [0.717, 1.165) is 32.2 Å². The lowest BCUT2D eigenvalue weighted by atomic mass is 9.76. The number of aromatic carboxylic acids is 1. The Hall–Kier alpha value is -3.40. The van der Waals surface area contributed by atoms with E-state index in [1.807, 2.05) is 59.0 Å². The van der Waals surface area contributed by atoms with Gasteiger partial charge >= 0.3 is 12.1 Å². The molecule has 0 heterocycles. The molecule has 5 rings (SSSR count). The van der Waals surface area contributed by atoms with Crippen molar-refractivity contribution in [1.82, 2.24) is 5.32 Å². The third-order valence-corrected chi connectivity index (χ3v) is 7.46. The highest BCUT2D eigenvalue weighted by Crippen LogP contribution is 2.44. The number of carbonyl (C=O) groups is 3. The van der Waals surface area contributed by atoms with Gasteiger partial charge in [-0.2, -0.15) is 0 Å². The summed E-state index contributed by atoms with van der Waals surface area (Å²) >= 11 is 2.02. The summed E-state index contributed by atoms with van der Waals surface area (Å²) in [6, 6.07) is 20.9. The maximum atomic E-state index is 13.1. The predicted octanol–water partition coefficient (Wildman–Crippen LogP) is 5.39. The minimum absolute atomic E-state index is 0.000800. The van der Waals surface area contributed by atoms with Gasteiger partial charge in [0.2, 0.25) is 5.91 Å². The summed E-state index contributed by atoms with van der Waals surface area (Å²) in [4.78, 5) is 37.5. The van der Waals surface area contributed by atoms with Crippen LogP contribution in [0.1, 0.15) is 46.7 Å². The Morgan fingerprint density at radius 2 is 1.60 bits per heavy atom. The fraction of sp³-hybridized carbons (Fsp3) is 0.222. The van der Waals surface area contributed by atoms with Crippen LogP contribution in [0.4, 0.5) is 10.5 Å². The molecule has 2 amide bonds. The van der Waals surface area contributed by atoms with E-state index >= 15 is 0 Å². The number of carbonyl (C=O) groups excluding carboxylic acids is 2. The number of anilines is 1. The fourth-order valence-corrected chi connectivity index (χ4v) is 5.30. The summed E-state index contributed by atoms with van der Waals surface area (Å²) in [6.07, 6.45) is 1.02. The number of carboxylic acid groups (broad SMARTS) is 1. The topological polar surface area (TPSA) is 105 Å². The third-order valence-electron chi connectivity index (χ3n) is 6.79. The Morgan fingerprint density at radius 1 is 0.971 bits per heavy atom. The van der Waals surface area contributed by atoms with E-state index in [1.54, 1.807) is 12.1 Å². The molecule has 0 unspecified atom stereocenters. The van der Waals surface area contributed by atoms with Gasteiger partial charge in [-0.05, 0) is 82.3 Å². The summed E-state index contributed by atoms with van der Waals surface area (Å²) in [5.41, 5.74) is 3.57. The van der Waals surface area contributed by atoms with Gasteiger partial charge in [0.15, 0.2) is 0 Å². The molecule has 8 heteroatoms. The standard InChI is InChI=1S/C27H23IN2O5/c28-16-10-11-23(21(14-16)24(31)32)29-25(33)27(12-5-13-27)30-26(34)35-15-22-19-8-3-1-6-17(19)18-7-2-4-9-20(18)22/h1-4,6-11,14,22H,5,12-13,15H2,(H,29,33)(H,30,34)(H,31,32). The highest BCUT2D eigenvalue weighted by molar-refractivity contribution is 14.1. The Balaban J connectivity index is 1.28. The number of alkyl carbamates (subject to hydrolysis) is 1. The van der Waals surface area contributed by atoms with E-state index in [1.165, 1.54) is 6.07 Å². The lowest BCUT2D eigenvalue weighted by molar-refractivity contribution is -0.125. The molecular weight excluding hydrogens is 559 g/mol. The molecule has 0 atom stereocenters. The molecule has 7 nitrogen and oxygen atoms in total. The normalized spacial score (nSPS) is 15.3. The van der Waals surface area contributed by atoms with Crippen molar-refractivity contribution < 1.29 is 24.2 Å². The molecule has 0 radical (unpaired) electrons. The van der Waals surface area contributed by atoms with E-state index in [4.69, 9.17) is 4.74 Å². The summed E-state index contributed by atoms with van der Waals surface area (Å²) in [5.74, 6) is -1.66. The molecule has 1 saturated carbocycles. The van der Waals surface area contributed by atoms with Gasteiger partial charge in [0, 0.05) is 9.49 Å². The van der Waals surface area contributed by atoms with Gasteiger partial charge in [-0.25, -0.2) is 9.59 Å². The highest BCUT2D eigenvalue weighted by Gasteiger charge is 2.46. The van der Waals surface area contributed by atoms with E-state index in [-0.39, 0.29) is 23.8 Å². The molecule has 1 fully saturated rings. The van der Waals surface area contributed by atoms with Crippen molar-refractivity contribution in [3.63, 3.8) is 0 Å². The van der Waals surface area contributed by atoms with Gasteiger partial charge < -0.3 is 20.5 Å². The molecule has 0 aromatic heterocycles. The maximum Gasteiger partial charge on any atom is 0.408 e. The van der Waals surface area contributed by atoms with Crippen LogP contribution in [0.15, 0.2) is 66.7 Å². The zero-order chi connectivity index (χ0) is 24.6. The van der Waals surface area contributed by atoms with Crippen molar-refractivity contribution in [2.24, 2.45) is 0 Å². The molecule has 3 aromatic rings. The lowest BCUT2D eigenvalue weighted by Gasteiger charge is -2.40. The molecule has 178 valence electrons. The average Bonchev–Trinajstić information content (AvgIpc) is 3.14. The molecule has 3 N–H and O–H groups in total. The largest absolute Gasteiger partial charge is 0.478 e. The van der Waals surface area contributed by atoms with Crippen LogP contribution in [-0.2, 0) is 9.53 Å². The zero-order valence-electron chi connectivity index (χ0n) is 18.7. The summed E-state index contributed by atoms with van der Waals surface area (Å²) in [6.45, 7) is 0.151. The summed E-state index contributed by atoms with van der Waals surface area (Å²) in [7, 11) is 0. The Bertz CT molecular complexity index is 1290. The summed E-state index contributed by atoms with van der Waals surface area (Å²) < 4.78 is 6.37. The van der Waals surface area contributed by atoms with Crippen LogP contribution in [0.25, 0.3) is 11.1 Å². The second-order valence-electron chi connectivity index (χ2n) is 8.84. The number of fused-ring (bicyclic) bond motifs is 3. The number of benzene rings is 3. The molecule has 2 aliphatic carbocycles. The molecule has 0 spiro atoms. The maximum absolute atomic E-state index is 13.1. The first-order chi connectivity index (χ1) is 16.9. The van der Waals surface area contributed by atoms with Crippen LogP contribution in [0, 0.1) is 3.57 Å². The van der Waals surface area contributed by atoms with E-state index < -0.39 is 23.5 Å². The lowest BCUT2D eigenvalue weighted by Crippen LogP contribution is -2.61. The first kappa shape index (κ1) is 23.3. The van der Waals surface area contributed by atoms with Crippen LogP contribution >= 0.6 is 22.6 Å². The summed E-state index contributed by atoms with van der Waals surface area (Å²) in [5, 5.41) is 14.9. The van der Waals surface area contributed by atoms with Crippen LogP contribution in [0.3, 0.4) is 0 Å². The first-order valence-electron chi connectivity index (χ1n) is 11.4. The number of halogens is 1. The Labute approximate surface area is 216 Å². The van der Waals surface area contributed by atoms with Crippen LogP contribution in [0.2, 0.25) is 0 Å². The number of nitrogens with one attached hydrogen (secondary N) is 2. The van der Waals surface area contributed by atoms with Gasteiger partial charge in [-0.15, -0.1) is 0 Å². The fourth-order valence-electron chi connectivity index (χ4n) is 4.81. The molecular formula is C27H23IN2O5. The zero-order valence-corrected chi connectivity index (χ0v) is 20.9. The third kappa shape index (κ3) is 4.38. The quantitative estimate of drug-likeness (QED) is 0.339. The van der Waals surface area contributed by atoms with E-state index in [9.17, 15) is 19.5 Å². The second-order valence-corrected chi connectivity index (χ2v) is 10.1. The second kappa shape index (κ2) is 9.33. The number of ether oxygens (including phenoxy) is 1. The number of hydrogen-bond acceptors (Lipinski definition) is 4. The Morgan fingerprint density at radius 3 is 2.17 bits per heavy atom. The average molecular weight is 582 g/mol. The monoisotopic (exact) mass is 582 g/mol. The number of hydrogen-bond donors (Lipinski definition) is 3. The molecule has 0 saturated heterocycles. The smallest absolute Gasteiger partial charge is 0.408 e. The van der Waals surface area contributed by atoms with E-state index in [2.05, 4.69) is 22.8 Å². The number of rotatable bonds is 6. The predicted molar refractivity (Wildman–Crippen MR) is 140 cm³/mol. The van der Waals surface area contributed by atoms with Crippen molar-refractivity contribution in [3.8, 4) is 11.1 Å². The molecule has 0 aliphatic heterocycles. The number of amides is 2. The van der Waals surface area contributed by atoms with Crippen molar-refractivity contribution in [2.75, 3.05) is 11.9 Å². The van der Waals surface area contributed by atoms with Crippen LogP contribution in [-0.4, -0.2) is 35.2 Å². The first-order valence-corrected chi connectivity index (χ1v) is 12.4. The van der Waals surface area contributed by atoms with Gasteiger partial charge in [0.1, 0.15) is 12.1 Å². The number of carboxylic acids is 1. The molecule has 3 aromatic carbocycles. The van der Waals surface area contributed by atoms with Crippen molar-refractivity contribution >= 4 is 46.2 Å². The highest BCUT2D eigenvalue weighted by atomic mass is 127. The van der Waals surface area contributed by atoms with Gasteiger partial charge in [-0.1, -0.05) is 48.5 Å². The van der Waals surface area contributed by atoms with Gasteiger partial charge in [-0.3, -0.25) is 4.79 Å².